The third-order valence-corrected chi connectivity index (χ3v) is 3.24. The first-order valence-corrected chi connectivity index (χ1v) is 4.48. The lowest BCUT2D eigenvalue weighted by Crippen LogP contribution is -2.46. The number of carboxylic acid groups (broad SMARTS) is 1. The van der Waals surface area contributed by atoms with Crippen molar-refractivity contribution in [2.24, 2.45) is 5.92 Å². The molecule has 1 rings (SSSR count). The first-order chi connectivity index (χ1) is 5.45. The lowest BCUT2D eigenvalue weighted by molar-refractivity contribution is -0.145. The number of aliphatic carboxylic acids is 1. The maximum Gasteiger partial charge on any atom is 0.308 e. The molecule has 0 spiro atoms. The fraction of sp³-hybridized carbons (Fsp3) is 0.875. The second-order valence-corrected chi connectivity index (χ2v) is 4.07. The highest BCUT2D eigenvalue weighted by Crippen LogP contribution is 2.36. The van der Waals surface area contributed by atoms with Crippen molar-refractivity contribution in [2.45, 2.75) is 37.2 Å². The summed E-state index contributed by atoms with van der Waals surface area (Å²) in [6, 6.07) is 0. The summed E-state index contributed by atoms with van der Waals surface area (Å²) in [7, 11) is 0. The average Bonchev–Trinajstić information content (AvgIpc) is 1.94. The van der Waals surface area contributed by atoms with Crippen LogP contribution in [0, 0.1) is 5.92 Å². The summed E-state index contributed by atoms with van der Waals surface area (Å²) in [5.41, 5.74) is -1.02. The van der Waals surface area contributed by atoms with Crippen molar-refractivity contribution in [3.63, 3.8) is 0 Å². The van der Waals surface area contributed by atoms with E-state index < -0.39 is 22.9 Å². The Labute approximate surface area is 76.3 Å². The molecule has 2 N–H and O–H groups in total. The number of rotatable bonds is 1. The predicted molar refractivity (Wildman–Crippen MR) is 45.2 cm³/mol. The van der Waals surface area contributed by atoms with Gasteiger partial charge in [0.2, 0.25) is 0 Å². The van der Waals surface area contributed by atoms with Gasteiger partial charge >= 0.3 is 5.97 Å². The third kappa shape index (κ3) is 1.72. The van der Waals surface area contributed by atoms with Gasteiger partial charge in [-0.3, -0.25) is 4.79 Å². The minimum atomic E-state index is -1.02. The highest BCUT2D eigenvalue weighted by Gasteiger charge is 2.42. The van der Waals surface area contributed by atoms with E-state index in [1.165, 1.54) is 0 Å². The Bertz CT molecular complexity index is 191. The topological polar surface area (TPSA) is 57.5 Å². The van der Waals surface area contributed by atoms with E-state index in [9.17, 15) is 9.90 Å². The normalized spacial score (nSPS) is 42.6. The summed E-state index contributed by atoms with van der Waals surface area (Å²) in [5, 5.41) is 17.7. The molecule has 1 fully saturated rings. The number of aliphatic hydroxyl groups is 1. The molecule has 0 aromatic rings. The van der Waals surface area contributed by atoms with Crippen molar-refractivity contribution in [3.05, 3.63) is 0 Å². The highest BCUT2D eigenvalue weighted by atomic mass is 35.5. The van der Waals surface area contributed by atoms with Crippen LogP contribution in [0.25, 0.3) is 0 Å². The van der Waals surface area contributed by atoms with Crippen molar-refractivity contribution in [3.8, 4) is 0 Å². The van der Waals surface area contributed by atoms with Gasteiger partial charge in [-0.25, -0.2) is 0 Å². The van der Waals surface area contributed by atoms with Crippen LogP contribution in [0.5, 0.6) is 0 Å². The number of alkyl halides is 1. The molecule has 0 aromatic heterocycles. The monoisotopic (exact) mass is 192 g/mol. The smallest absolute Gasteiger partial charge is 0.308 e. The van der Waals surface area contributed by atoms with Crippen molar-refractivity contribution >= 4 is 17.6 Å². The van der Waals surface area contributed by atoms with E-state index in [1.54, 1.807) is 6.92 Å². The van der Waals surface area contributed by atoms with Gasteiger partial charge in [-0.2, -0.15) is 0 Å². The van der Waals surface area contributed by atoms with Gasteiger partial charge in [0, 0.05) is 0 Å². The molecular weight excluding hydrogens is 180 g/mol. The molecule has 0 bridgehead atoms. The predicted octanol–water partition coefficient (Wildman–Crippen LogP) is 1.23. The highest BCUT2D eigenvalue weighted by molar-refractivity contribution is 6.22. The fourth-order valence-corrected chi connectivity index (χ4v) is 1.99. The molecule has 0 heterocycles. The zero-order valence-corrected chi connectivity index (χ0v) is 7.71. The largest absolute Gasteiger partial charge is 0.481 e. The van der Waals surface area contributed by atoms with Gasteiger partial charge in [-0.15, -0.1) is 11.6 Å². The standard InChI is InChI=1S/C8H13ClO3/c1-8(12)4-2-3-5(6(8)9)7(10)11/h5-6,12H,2-4H2,1H3,(H,10,11). The Morgan fingerprint density at radius 1 is 1.67 bits per heavy atom. The summed E-state index contributed by atoms with van der Waals surface area (Å²) in [4.78, 5) is 10.7. The number of halogens is 1. The maximum atomic E-state index is 10.7. The number of carboxylic acids is 1. The second-order valence-electron chi connectivity index (χ2n) is 3.60. The molecule has 0 aromatic carbocycles. The van der Waals surface area contributed by atoms with Crippen LogP contribution in [0.2, 0.25) is 0 Å². The quantitative estimate of drug-likeness (QED) is 0.615. The van der Waals surface area contributed by atoms with E-state index in [-0.39, 0.29) is 0 Å². The fourth-order valence-electron chi connectivity index (χ4n) is 1.65. The van der Waals surface area contributed by atoms with Gasteiger partial charge in [0.15, 0.2) is 0 Å². The summed E-state index contributed by atoms with van der Waals surface area (Å²) >= 11 is 5.84. The van der Waals surface area contributed by atoms with E-state index in [0.717, 1.165) is 6.42 Å². The van der Waals surface area contributed by atoms with Crippen LogP contribution in [0.1, 0.15) is 26.2 Å². The summed E-state index contributed by atoms with van der Waals surface area (Å²) in [6.07, 6.45) is 1.89. The van der Waals surface area contributed by atoms with Crippen LogP contribution in [0.4, 0.5) is 0 Å². The molecule has 3 nitrogen and oxygen atoms in total. The van der Waals surface area contributed by atoms with Gasteiger partial charge in [-0.05, 0) is 26.2 Å². The summed E-state index contributed by atoms with van der Waals surface area (Å²) < 4.78 is 0. The molecule has 1 aliphatic carbocycles. The van der Waals surface area contributed by atoms with Crippen LogP contribution < -0.4 is 0 Å². The second kappa shape index (κ2) is 3.23. The summed E-state index contributed by atoms with van der Waals surface area (Å²) in [6.45, 7) is 1.60. The molecule has 1 saturated carbocycles. The van der Waals surface area contributed by atoms with Gasteiger partial charge in [0.25, 0.3) is 0 Å². The Hall–Kier alpha value is -0.280. The van der Waals surface area contributed by atoms with Crippen molar-refractivity contribution < 1.29 is 15.0 Å². The molecule has 0 saturated heterocycles. The molecule has 4 heteroatoms. The average molecular weight is 193 g/mol. The SMILES string of the molecule is CC1(O)CCCC(C(=O)O)C1Cl. The molecule has 70 valence electrons. The maximum absolute atomic E-state index is 10.7. The zero-order chi connectivity index (χ0) is 9.35. The van der Waals surface area contributed by atoms with Gasteiger partial charge in [0.1, 0.15) is 0 Å². The molecule has 1 aliphatic rings. The Morgan fingerprint density at radius 2 is 2.25 bits per heavy atom. The molecule has 3 atom stereocenters. The molecule has 0 amide bonds. The van der Waals surface area contributed by atoms with Crippen LogP contribution in [0.3, 0.4) is 0 Å². The van der Waals surface area contributed by atoms with Crippen molar-refractivity contribution in [2.75, 3.05) is 0 Å². The Balaban J connectivity index is 2.73. The van der Waals surface area contributed by atoms with Gasteiger partial charge in [0.05, 0.1) is 16.9 Å². The molecule has 3 unspecified atom stereocenters. The molecule has 0 radical (unpaired) electrons. The van der Waals surface area contributed by atoms with Crippen LogP contribution in [0.15, 0.2) is 0 Å². The summed E-state index contributed by atoms with van der Waals surface area (Å²) in [5.74, 6) is -1.51. The van der Waals surface area contributed by atoms with E-state index >= 15 is 0 Å². The van der Waals surface area contributed by atoms with Crippen molar-refractivity contribution in [1.29, 1.82) is 0 Å². The lowest BCUT2D eigenvalue weighted by atomic mass is 9.79. The lowest BCUT2D eigenvalue weighted by Gasteiger charge is -2.36. The first kappa shape index (κ1) is 9.81. The van der Waals surface area contributed by atoms with E-state index in [0.29, 0.717) is 12.8 Å². The number of hydrogen-bond acceptors (Lipinski definition) is 2. The van der Waals surface area contributed by atoms with Gasteiger partial charge in [-0.1, -0.05) is 0 Å². The van der Waals surface area contributed by atoms with Crippen LogP contribution >= 0.6 is 11.6 Å². The van der Waals surface area contributed by atoms with Crippen LogP contribution in [-0.2, 0) is 4.79 Å². The number of hydrogen-bond donors (Lipinski definition) is 2. The van der Waals surface area contributed by atoms with E-state index in [4.69, 9.17) is 16.7 Å². The first-order valence-electron chi connectivity index (χ1n) is 4.04. The molecular formula is C8H13ClO3. The van der Waals surface area contributed by atoms with E-state index in [2.05, 4.69) is 0 Å². The minimum absolute atomic E-state index is 0.569. The van der Waals surface area contributed by atoms with E-state index in [1.807, 2.05) is 0 Å². The Kier molecular flexibility index (Phi) is 2.64. The zero-order valence-electron chi connectivity index (χ0n) is 6.96. The number of carbonyl (C=O) groups is 1. The van der Waals surface area contributed by atoms with Crippen molar-refractivity contribution in [1.82, 2.24) is 0 Å². The third-order valence-electron chi connectivity index (χ3n) is 2.46. The molecule has 12 heavy (non-hydrogen) atoms. The minimum Gasteiger partial charge on any atom is -0.481 e. The molecule has 0 aliphatic heterocycles. The van der Waals surface area contributed by atoms with Gasteiger partial charge < -0.3 is 10.2 Å². The Morgan fingerprint density at radius 3 is 2.67 bits per heavy atom. The van der Waals surface area contributed by atoms with Crippen LogP contribution in [-0.4, -0.2) is 27.2 Å².